The van der Waals surface area contributed by atoms with Gasteiger partial charge in [0.05, 0.1) is 17.1 Å². The van der Waals surface area contributed by atoms with E-state index in [2.05, 4.69) is 4.98 Å². The Balaban J connectivity index is 1.96. The second kappa shape index (κ2) is 6.09. The van der Waals surface area contributed by atoms with E-state index in [-0.39, 0.29) is 11.2 Å². The number of aromatic nitrogens is 1. The summed E-state index contributed by atoms with van der Waals surface area (Å²) in [5.74, 6) is 0.218. The maximum Gasteiger partial charge on any atom is 0.235 e. The maximum absolute atomic E-state index is 12.3. The van der Waals surface area contributed by atoms with Gasteiger partial charge >= 0.3 is 0 Å². The highest BCUT2D eigenvalue weighted by atomic mass is 32.2. The molecule has 1 aromatic heterocycles. The zero-order chi connectivity index (χ0) is 13.0. The highest BCUT2D eigenvalue weighted by Gasteiger charge is 2.23. The van der Waals surface area contributed by atoms with E-state index >= 15 is 0 Å². The first-order valence-corrected chi connectivity index (χ1v) is 7.21. The quantitative estimate of drug-likeness (QED) is 0.851. The van der Waals surface area contributed by atoms with Crippen LogP contribution in [0.5, 0.6) is 0 Å². The molecule has 1 saturated heterocycles. The number of carbonyl (C=O) groups is 1. The van der Waals surface area contributed by atoms with Crippen LogP contribution in [-0.4, -0.2) is 34.1 Å². The Hall–Kier alpha value is -1.23. The van der Waals surface area contributed by atoms with Crippen molar-refractivity contribution in [3.05, 3.63) is 18.5 Å². The first-order chi connectivity index (χ1) is 8.68. The van der Waals surface area contributed by atoms with Crippen LogP contribution in [0.15, 0.2) is 23.4 Å². The predicted molar refractivity (Wildman–Crippen MR) is 74.4 cm³/mol. The molecule has 1 unspecified atom stereocenters. The largest absolute Gasteiger partial charge is 0.397 e. The Labute approximate surface area is 112 Å². The number of nitrogens with two attached hydrogens (primary N) is 1. The molecule has 0 aliphatic carbocycles. The van der Waals surface area contributed by atoms with Gasteiger partial charge in [-0.25, -0.2) is 0 Å². The summed E-state index contributed by atoms with van der Waals surface area (Å²) < 4.78 is 0. The first kappa shape index (κ1) is 13.2. The molecule has 0 spiro atoms. The minimum absolute atomic E-state index is 0.0900. The number of rotatable bonds is 3. The molecule has 2 rings (SSSR count). The van der Waals surface area contributed by atoms with Gasteiger partial charge in [-0.15, -0.1) is 11.8 Å². The van der Waals surface area contributed by atoms with E-state index in [1.165, 1.54) is 18.2 Å². The van der Waals surface area contributed by atoms with Crippen LogP contribution in [0.25, 0.3) is 0 Å². The summed E-state index contributed by atoms with van der Waals surface area (Å²) in [6.07, 6.45) is 6.82. The summed E-state index contributed by atoms with van der Waals surface area (Å²) in [4.78, 5) is 19.1. The van der Waals surface area contributed by atoms with Gasteiger partial charge in [0, 0.05) is 24.2 Å². The van der Waals surface area contributed by atoms with Gasteiger partial charge in [-0.1, -0.05) is 0 Å². The molecule has 0 radical (unpaired) electrons. The number of thioether (sulfide) groups is 1. The van der Waals surface area contributed by atoms with Crippen LogP contribution in [0, 0.1) is 0 Å². The van der Waals surface area contributed by atoms with Crippen LogP contribution in [-0.2, 0) is 4.79 Å². The van der Waals surface area contributed by atoms with Crippen molar-refractivity contribution in [3.63, 3.8) is 0 Å². The maximum atomic E-state index is 12.3. The van der Waals surface area contributed by atoms with Crippen molar-refractivity contribution in [1.82, 2.24) is 9.88 Å². The van der Waals surface area contributed by atoms with Gasteiger partial charge < -0.3 is 10.6 Å². The number of piperidine rings is 1. The fourth-order valence-electron chi connectivity index (χ4n) is 2.11. The number of hydrogen-bond acceptors (Lipinski definition) is 4. The molecule has 1 aliphatic heterocycles. The Bertz CT molecular complexity index is 418. The molecular weight excluding hydrogens is 246 g/mol. The molecule has 4 nitrogen and oxygen atoms in total. The lowest BCUT2D eigenvalue weighted by molar-refractivity contribution is -0.131. The summed E-state index contributed by atoms with van der Waals surface area (Å²) in [5, 5.41) is -0.0900. The van der Waals surface area contributed by atoms with E-state index in [1.54, 1.807) is 12.4 Å². The van der Waals surface area contributed by atoms with Gasteiger partial charge in [0.25, 0.3) is 0 Å². The van der Waals surface area contributed by atoms with Crippen molar-refractivity contribution in [3.8, 4) is 0 Å². The molecule has 1 atom stereocenters. The van der Waals surface area contributed by atoms with E-state index < -0.39 is 0 Å². The Morgan fingerprint density at radius 3 is 2.83 bits per heavy atom. The molecule has 2 heterocycles. The lowest BCUT2D eigenvalue weighted by Gasteiger charge is -2.29. The number of nitrogens with zero attached hydrogens (tertiary/aromatic N) is 2. The fourth-order valence-corrected chi connectivity index (χ4v) is 3.07. The van der Waals surface area contributed by atoms with Crippen molar-refractivity contribution >= 4 is 23.4 Å². The summed E-state index contributed by atoms with van der Waals surface area (Å²) in [6.45, 7) is 3.74. The highest BCUT2D eigenvalue weighted by Crippen LogP contribution is 2.29. The van der Waals surface area contributed by atoms with Crippen LogP contribution < -0.4 is 5.73 Å². The molecule has 1 aliphatic rings. The predicted octanol–water partition coefficient (Wildman–Crippen LogP) is 2.16. The van der Waals surface area contributed by atoms with Crippen LogP contribution >= 0.6 is 11.8 Å². The lowest BCUT2D eigenvalue weighted by atomic mass is 10.1. The molecule has 1 fully saturated rings. The Morgan fingerprint density at radius 1 is 1.44 bits per heavy atom. The number of anilines is 1. The van der Waals surface area contributed by atoms with Crippen LogP contribution in [0.1, 0.15) is 26.2 Å². The Morgan fingerprint density at radius 2 is 2.17 bits per heavy atom. The monoisotopic (exact) mass is 265 g/mol. The first-order valence-electron chi connectivity index (χ1n) is 6.33. The van der Waals surface area contributed by atoms with Crippen LogP contribution in [0.3, 0.4) is 0 Å². The minimum atomic E-state index is -0.0900. The van der Waals surface area contributed by atoms with Gasteiger partial charge in [-0.2, -0.15) is 0 Å². The smallest absolute Gasteiger partial charge is 0.235 e. The second-order valence-electron chi connectivity index (χ2n) is 4.56. The van der Waals surface area contributed by atoms with Crippen molar-refractivity contribution in [1.29, 1.82) is 0 Å². The molecule has 1 amide bonds. The second-order valence-corrected chi connectivity index (χ2v) is 5.94. The molecular formula is C13H19N3OS. The minimum Gasteiger partial charge on any atom is -0.397 e. The topological polar surface area (TPSA) is 59.2 Å². The number of amides is 1. The third kappa shape index (κ3) is 3.16. The standard InChI is InChI=1S/C13H19N3OS/c1-10(13(17)16-7-3-2-4-8-16)18-12-5-6-15-9-11(12)14/h5-6,9-10H,2-4,7-8,14H2,1H3. The number of nitrogen functional groups attached to an aromatic ring is 1. The molecule has 1 aromatic rings. The molecule has 0 bridgehead atoms. The van der Waals surface area contributed by atoms with Crippen LogP contribution in [0.4, 0.5) is 5.69 Å². The molecule has 5 heteroatoms. The van der Waals surface area contributed by atoms with Gasteiger partial charge in [0.15, 0.2) is 0 Å². The molecule has 98 valence electrons. The Kier molecular flexibility index (Phi) is 4.47. The number of carbonyl (C=O) groups excluding carboxylic acids is 1. The summed E-state index contributed by atoms with van der Waals surface area (Å²) in [5.41, 5.74) is 6.48. The number of hydrogen-bond donors (Lipinski definition) is 1. The third-order valence-electron chi connectivity index (χ3n) is 3.13. The van der Waals surface area contributed by atoms with E-state index in [0.29, 0.717) is 5.69 Å². The number of pyridine rings is 1. The van der Waals surface area contributed by atoms with Crippen molar-refractivity contribution in [2.24, 2.45) is 0 Å². The summed E-state index contributed by atoms with van der Waals surface area (Å²) in [6, 6.07) is 1.86. The third-order valence-corrected chi connectivity index (χ3v) is 4.31. The summed E-state index contributed by atoms with van der Waals surface area (Å²) >= 11 is 1.52. The van der Waals surface area contributed by atoms with Gasteiger partial charge in [-0.05, 0) is 32.3 Å². The number of likely N-dealkylation sites (tertiary alicyclic amines) is 1. The summed E-state index contributed by atoms with van der Waals surface area (Å²) in [7, 11) is 0. The molecule has 0 saturated carbocycles. The normalized spacial score (nSPS) is 17.5. The van der Waals surface area contributed by atoms with Gasteiger partial charge in [0.2, 0.25) is 5.91 Å². The van der Waals surface area contributed by atoms with Crippen molar-refractivity contribution < 1.29 is 4.79 Å². The average Bonchev–Trinajstić information content (AvgIpc) is 2.41. The van der Waals surface area contributed by atoms with Crippen molar-refractivity contribution in [2.45, 2.75) is 36.3 Å². The van der Waals surface area contributed by atoms with E-state index in [0.717, 1.165) is 30.8 Å². The highest BCUT2D eigenvalue weighted by molar-refractivity contribution is 8.00. The zero-order valence-corrected chi connectivity index (χ0v) is 11.4. The SMILES string of the molecule is CC(Sc1ccncc1N)C(=O)N1CCCCC1. The zero-order valence-electron chi connectivity index (χ0n) is 10.6. The van der Waals surface area contributed by atoms with Crippen molar-refractivity contribution in [2.75, 3.05) is 18.8 Å². The van der Waals surface area contributed by atoms with Gasteiger partial charge in [0.1, 0.15) is 0 Å². The average molecular weight is 265 g/mol. The fraction of sp³-hybridized carbons (Fsp3) is 0.538. The molecule has 18 heavy (non-hydrogen) atoms. The van der Waals surface area contributed by atoms with Crippen LogP contribution in [0.2, 0.25) is 0 Å². The van der Waals surface area contributed by atoms with Gasteiger partial charge in [-0.3, -0.25) is 9.78 Å². The molecule has 0 aromatic carbocycles. The molecule has 2 N–H and O–H groups in total. The lowest BCUT2D eigenvalue weighted by Crippen LogP contribution is -2.40. The van der Waals surface area contributed by atoms with E-state index in [1.807, 2.05) is 17.9 Å². The van der Waals surface area contributed by atoms with E-state index in [4.69, 9.17) is 5.73 Å². The van der Waals surface area contributed by atoms with E-state index in [9.17, 15) is 4.79 Å².